The van der Waals surface area contributed by atoms with Crippen LogP contribution in [-0.4, -0.2) is 25.0 Å². The fourth-order valence-electron chi connectivity index (χ4n) is 2.08. The molecule has 0 saturated carbocycles. The Morgan fingerprint density at radius 1 is 1.09 bits per heavy atom. The van der Waals surface area contributed by atoms with Gasteiger partial charge in [0.05, 0.1) is 6.54 Å². The van der Waals surface area contributed by atoms with Gasteiger partial charge in [0, 0.05) is 18.2 Å². The average molecular weight is 312 g/mol. The van der Waals surface area contributed by atoms with Gasteiger partial charge in [0.2, 0.25) is 5.91 Å². The van der Waals surface area contributed by atoms with Crippen LogP contribution in [0.15, 0.2) is 48.5 Å². The van der Waals surface area contributed by atoms with Gasteiger partial charge in [-0.15, -0.1) is 0 Å². The molecule has 0 heterocycles. The topological polar surface area (TPSA) is 67.4 Å². The molecule has 0 radical (unpaired) electrons. The van der Waals surface area contributed by atoms with Gasteiger partial charge in [0.15, 0.2) is 0 Å². The van der Waals surface area contributed by atoms with E-state index in [1.54, 1.807) is 24.3 Å². The molecule has 0 aliphatic heterocycles. The third-order valence-electron chi connectivity index (χ3n) is 3.09. The van der Waals surface area contributed by atoms with Gasteiger partial charge in [-0.1, -0.05) is 18.2 Å². The number of anilines is 1. The van der Waals surface area contributed by atoms with Crippen molar-refractivity contribution in [1.29, 1.82) is 0 Å². The zero-order valence-corrected chi connectivity index (χ0v) is 13.3. The largest absolute Gasteiger partial charge is 0.492 e. The number of rotatable bonds is 6. The lowest BCUT2D eigenvalue weighted by Gasteiger charge is -2.09. The van der Waals surface area contributed by atoms with Crippen LogP contribution in [0.3, 0.4) is 0 Å². The van der Waals surface area contributed by atoms with Crippen molar-refractivity contribution in [2.45, 2.75) is 13.8 Å². The van der Waals surface area contributed by atoms with Crippen molar-refractivity contribution < 1.29 is 14.3 Å². The second kappa shape index (κ2) is 7.98. The molecule has 0 aliphatic rings. The van der Waals surface area contributed by atoms with Crippen LogP contribution in [0.2, 0.25) is 0 Å². The van der Waals surface area contributed by atoms with Gasteiger partial charge in [-0.25, -0.2) is 0 Å². The van der Waals surface area contributed by atoms with Gasteiger partial charge in [0.25, 0.3) is 5.91 Å². The molecule has 0 spiro atoms. The highest BCUT2D eigenvalue weighted by atomic mass is 16.5. The summed E-state index contributed by atoms with van der Waals surface area (Å²) in [6.07, 6.45) is 0. The molecule has 5 nitrogen and oxygen atoms in total. The van der Waals surface area contributed by atoms with Crippen LogP contribution in [0, 0.1) is 6.92 Å². The smallest absolute Gasteiger partial charge is 0.251 e. The van der Waals surface area contributed by atoms with Crippen LogP contribution in [0.4, 0.5) is 5.69 Å². The Morgan fingerprint density at radius 2 is 1.87 bits per heavy atom. The first kappa shape index (κ1) is 16.5. The molecule has 0 atom stereocenters. The van der Waals surface area contributed by atoms with E-state index < -0.39 is 0 Å². The quantitative estimate of drug-likeness (QED) is 0.806. The maximum Gasteiger partial charge on any atom is 0.251 e. The number of amides is 2. The average Bonchev–Trinajstić information content (AvgIpc) is 2.51. The standard InChI is InChI=1S/C18H20N2O3/c1-13-5-3-8-17(11-13)23-10-9-19-18(22)15-6-4-7-16(12-15)20-14(2)21/h3-8,11-12H,9-10H2,1-2H3,(H,19,22)(H,20,21). The fraction of sp³-hybridized carbons (Fsp3) is 0.222. The molecule has 23 heavy (non-hydrogen) atoms. The maximum absolute atomic E-state index is 12.1. The number of nitrogens with one attached hydrogen (secondary N) is 2. The fourth-order valence-corrected chi connectivity index (χ4v) is 2.08. The number of hydrogen-bond acceptors (Lipinski definition) is 3. The van der Waals surface area contributed by atoms with Gasteiger partial charge in [-0.05, 0) is 42.8 Å². The van der Waals surface area contributed by atoms with E-state index in [9.17, 15) is 9.59 Å². The summed E-state index contributed by atoms with van der Waals surface area (Å²) >= 11 is 0. The summed E-state index contributed by atoms with van der Waals surface area (Å²) in [5, 5.41) is 5.44. The van der Waals surface area contributed by atoms with Gasteiger partial charge in [-0.2, -0.15) is 0 Å². The first-order valence-electron chi connectivity index (χ1n) is 7.40. The van der Waals surface area contributed by atoms with Gasteiger partial charge < -0.3 is 15.4 Å². The Kier molecular flexibility index (Phi) is 5.74. The van der Waals surface area contributed by atoms with Crippen molar-refractivity contribution >= 4 is 17.5 Å². The predicted molar refractivity (Wildman–Crippen MR) is 89.8 cm³/mol. The Bertz CT molecular complexity index is 698. The minimum absolute atomic E-state index is 0.172. The van der Waals surface area contributed by atoms with Gasteiger partial charge >= 0.3 is 0 Å². The molecule has 2 aromatic rings. The van der Waals surface area contributed by atoms with Crippen molar-refractivity contribution in [3.63, 3.8) is 0 Å². The normalized spacial score (nSPS) is 10.0. The zero-order chi connectivity index (χ0) is 16.7. The van der Waals surface area contributed by atoms with E-state index in [-0.39, 0.29) is 11.8 Å². The molecular weight excluding hydrogens is 292 g/mol. The van der Waals surface area contributed by atoms with Crippen LogP contribution >= 0.6 is 0 Å². The number of ether oxygens (including phenoxy) is 1. The number of benzene rings is 2. The van der Waals surface area contributed by atoms with Crippen molar-refractivity contribution in [2.75, 3.05) is 18.5 Å². The third kappa shape index (κ3) is 5.47. The first-order chi connectivity index (χ1) is 11.0. The summed E-state index contributed by atoms with van der Waals surface area (Å²) < 4.78 is 5.58. The predicted octanol–water partition coefficient (Wildman–Crippen LogP) is 2.76. The minimum atomic E-state index is -0.204. The molecule has 0 saturated heterocycles. The molecular formula is C18H20N2O3. The van der Waals surface area contributed by atoms with Crippen LogP contribution in [0.1, 0.15) is 22.8 Å². The Labute approximate surface area is 135 Å². The molecule has 5 heteroatoms. The third-order valence-corrected chi connectivity index (χ3v) is 3.09. The maximum atomic E-state index is 12.1. The van der Waals surface area contributed by atoms with Crippen molar-refractivity contribution in [2.24, 2.45) is 0 Å². The molecule has 0 aliphatic carbocycles. The Hall–Kier alpha value is -2.82. The number of carbonyl (C=O) groups excluding carboxylic acids is 2. The van der Waals surface area contributed by atoms with E-state index in [1.165, 1.54) is 6.92 Å². The Balaban J connectivity index is 1.81. The lowest BCUT2D eigenvalue weighted by Crippen LogP contribution is -2.28. The molecule has 0 fully saturated rings. The summed E-state index contributed by atoms with van der Waals surface area (Å²) in [5.41, 5.74) is 2.22. The molecule has 120 valence electrons. The number of carbonyl (C=O) groups is 2. The van der Waals surface area contributed by atoms with E-state index in [2.05, 4.69) is 10.6 Å². The lowest BCUT2D eigenvalue weighted by atomic mass is 10.2. The first-order valence-corrected chi connectivity index (χ1v) is 7.40. The number of aryl methyl sites for hydroxylation is 1. The van der Waals surface area contributed by atoms with Crippen molar-refractivity contribution in [3.05, 3.63) is 59.7 Å². The highest BCUT2D eigenvalue weighted by molar-refractivity contribution is 5.96. The second-order valence-electron chi connectivity index (χ2n) is 5.18. The highest BCUT2D eigenvalue weighted by Crippen LogP contribution is 2.12. The molecule has 0 aromatic heterocycles. The highest BCUT2D eigenvalue weighted by Gasteiger charge is 2.06. The molecule has 2 rings (SSSR count). The lowest BCUT2D eigenvalue weighted by molar-refractivity contribution is -0.114. The Morgan fingerprint density at radius 3 is 2.61 bits per heavy atom. The van der Waals surface area contributed by atoms with E-state index in [1.807, 2.05) is 31.2 Å². The summed E-state index contributed by atoms with van der Waals surface area (Å²) in [7, 11) is 0. The second-order valence-corrected chi connectivity index (χ2v) is 5.18. The van der Waals surface area contributed by atoms with E-state index in [0.717, 1.165) is 11.3 Å². The van der Waals surface area contributed by atoms with Crippen LogP contribution < -0.4 is 15.4 Å². The van der Waals surface area contributed by atoms with Gasteiger partial charge in [0.1, 0.15) is 12.4 Å². The summed E-state index contributed by atoms with van der Waals surface area (Å²) in [4.78, 5) is 23.1. The summed E-state index contributed by atoms with van der Waals surface area (Å²) in [6, 6.07) is 14.5. The van der Waals surface area contributed by atoms with E-state index in [0.29, 0.717) is 24.4 Å². The van der Waals surface area contributed by atoms with Crippen LogP contribution in [0.25, 0.3) is 0 Å². The molecule has 2 N–H and O–H groups in total. The molecule has 0 bridgehead atoms. The molecule has 2 aromatic carbocycles. The van der Waals surface area contributed by atoms with Crippen LogP contribution in [0.5, 0.6) is 5.75 Å². The molecule has 0 unspecified atom stereocenters. The van der Waals surface area contributed by atoms with Gasteiger partial charge in [-0.3, -0.25) is 9.59 Å². The summed E-state index contributed by atoms with van der Waals surface area (Å²) in [5.74, 6) is 0.408. The molecule has 2 amide bonds. The SMILES string of the molecule is CC(=O)Nc1cccc(C(=O)NCCOc2cccc(C)c2)c1. The minimum Gasteiger partial charge on any atom is -0.492 e. The van der Waals surface area contributed by atoms with Crippen molar-refractivity contribution in [1.82, 2.24) is 5.32 Å². The summed E-state index contributed by atoms with van der Waals surface area (Å²) in [6.45, 7) is 4.21. The number of hydrogen-bond donors (Lipinski definition) is 2. The zero-order valence-electron chi connectivity index (χ0n) is 13.3. The van der Waals surface area contributed by atoms with Crippen LogP contribution in [-0.2, 0) is 4.79 Å². The van der Waals surface area contributed by atoms with E-state index in [4.69, 9.17) is 4.74 Å². The van der Waals surface area contributed by atoms with E-state index >= 15 is 0 Å². The monoisotopic (exact) mass is 312 g/mol. The van der Waals surface area contributed by atoms with Crippen molar-refractivity contribution in [3.8, 4) is 5.75 Å².